The van der Waals surface area contributed by atoms with E-state index in [-0.39, 0.29) is 12.1 Å². The van der Waals surface area contributed by atoms with Crippen molar-refractivity contribution >= 4 is 0 Å². The van der Waals surface area contributed by atoms with Gasteiger partial charge in [0, 0.05) is 19.3 Å². The van der Waals surface area contributed by atoms with Crippen LogP contribution in [0, 0.1) is 0 Å². The van der Waals surface area contributed by atoms with Crippen LogP contribution in [0.1, 0.15) is 19.0 Å². The van der Waals surface area contributed by atoms with Crippen LogP contribution in [0.25, 0.3) is 0 Å². The molecule has 1 fully saturated rings. The molecule has 0 aromatic carbocycles. The van der Waals surface area contributed by atoms with Crippen LogP contribution in [0.3, 0.4) is 0 Å². The minimum atomic E-state index is -0.285. The molecular formula is C13H20N2O2. The first-order valence-electron chi connectivity index (χ1n) is 6.21. The molecule has 0 saturated carbocycles. The van der Waals surface area contributed by atoms with Crippen LogP contribution in [-0.4, -0.2) is 46.9 Å². The van der Waals surface area contributed by atoms with Crippen LogP contribution in [0.5, 0.6) is 0 Å². The maximum absolute atomic E-state index is 10.0. The van der Waals surface area contributed by atoms with Crippen LogP contribution in [0.2, 0.25) is 0 Å². The van der Waals surface area contributed by atoms with E-state index in [0.29, 0.717) is 13.2 Å². The van der Waals surface area contributed by atoms with Crippen LogP contribution in [0.4, 0.5) is 0 Å². The maximum atomic E-state index is 10.0. The van der Waals surface area contributed by atoms with E-state index in [0.717, 1.165) is 25.2 Å². The highest BCUT2D eigenvalue weighted by Crippen LogP contribution is 2.16. The van der Waals surface area contributed by atoms with Gasteiger partial charge in [0.1, 0.15) is 0 Å². The van der Waals surface area contributed by atoms with Crippen LogP contribution in [0.15, 0.2) is 24.4 Å². The zero-order chi connectivity index (χ0) is 12.1. The smallest absolute Gasteiger partial charge is 0.0739 e. The second-order valence-corrected chi connectivity index (χ2v) is 4.38. The molecule has 4 nitrogen and oxygen atoms in total. The van der Waals surface area contributed by atoms with E-state index in [4.69, 9.17) is 4.74 Å². The van der Waals surface area contributed by atoms with E-state index in [1.807, 2.05) is 18.2 Å². The zero-order valence-corrected chi connectivity index (χ0v) is 10.2. The highest BCUT2D eigenvalue weighted by molar-refractivity contribution is 5.03. The molecule has 17 heavy (non-hydrogen) atoms. The van der Waals surface area contributed by atoms with Gasteiger partial charge in [-0.15, -0.1) is 0 Å². The molecule has 1 aromatic rings. The molecule has 0 bridgehead atoms. The molecule has 0 aliphatic carbocycles. The molecule has 2 heterocycles. The Hall–Kier alpha value is -0.970. The summed E-state index contributed by atoms with van der Waals surface area (Å²) in [4.78, 5) is 6.55. The minimum absolute atomic E-state index is 0.0933. The first-order valence-corrected chi connectivity index (χ1v) is 6.21. The number of likely N-dealkylation sites (N-methyl/N-ethyl adjacent to an activating group) is 1. The Kier molecular flexibility index (Phi) is 4.48. The fourth-order valence-electron chi connectivity index (χ4n) is 2.22. The third-order valence-corrected chi connectivity index (χ3v) is 3.26. The molecule has 0 amide bonds. The number of hydrogen-bond donors (Lipinski definition) is 1. The molecule has 1 aromatic heterocycles. The fraction of sp³-hybridized carbons (Fsp3) is 0.615. The molecule has 1 aliphatic heterocycles. The largest absolute Gasteiger partial charge is 0.391 e. The third-order valence-electron chi connectivity index (χ3n) is 3.26. The summed E-state index contributed by atoms with van der Waals surface area (Å²) >= 11 is 0. The minimum Gasteiger partial charge on any atom is -0.391 e. The van der Waals surface area contributed by atoms with Crippen LogP contribution >= 0.6 is 0 Å². The van der Waals surface area contributed by atoms with E-state index in [9.17, 15) is 5.11 Å². The molecule has 1 aliphatic rings. The second kappa shape index (κ2) is 6.10. The van der Waals surface area contributed by atoms with Crippen molar-refractivity contribution in [3.63, 3.8) is 0 Å². The van der Waals surface area contributed by atoms with Crippen molar-refractivity contribution in [3.05, 3.63) is 30.1 Å². The predicted octanol–water partition coefficient (Wildman–Crippen LogP) is 1.05. The van der Waals surface area contributed by atoms with Gasteiger partial charge in [-0.25, -0.2) is 0 Å². The fourth-order valence-corrected chi connectivity index (χ4v) is 2.22. The van der Waals surface area contributed by atoms with Gasteiger partial charge in [0.05, 0.1) is 24.4 Å². The lowest BCUT2D eigenvalue weighted by Crippen LogP contribution is -2.49. The number of aliphatic hydroxyl groups excluding tert-OH is 1. The van der Waals surface area contributed by atoms with Crippen molar-refractivity contribution in [3.8, 4) is 0 Å². The van der Waals surface area contributed by atoms with Gasteiger partial charge in [-0.1, -0.05) is 13.0 Å². The molecule has 4 heteroatoms. The molecule has 1 N–H and O–H groups in total. The Morgan fingerprint density at radius 3 is 3.06 bits per heavy atom. The summed E-state index contributed by atoms with van der Waals surface area (Å²) in [6, 6.07) is 6.01. The van der Waals surface area contributed by atoms with E-state index in [1.165, 1.54) is 0 Å². The number of nitrogens with zero attached hydrogens (tertiary/aromatic N) is 2. The standard InChI is InChI=1S/C13H20N2O2/c1-2-15(9-11-5-3-4-7-14-11)12-10-17-8-6-13(12)16/h3-5,7,12-13,16H,2,6,8-10H2,1H3. The Balaban J connectivity index is 2.00. The van der Waals surface area contributed by atoms with Gasteiger partial charge in [0.25, 0.3) is 0 Å². The maximum Gasteiger partial charge on any atom is 0.0739 e. The van der Waals surface area contributed by atoms with Crippen LogP contribution in [-0.2, 0) is 11.3 Å². The molecule has 2 atom stereocenters. The quantitative estimate of drug-likeness (QED) is 0.849. The van der Waals surface area contributed by atoms with Crippen molar-refractivity contribution in [2.24, 2.45) is 0 Å². The molecule has 1 saturated heterocycles. The Morgan fingerprint density at radius 2 is 2.41 bits per heavy atom. The molecule has 0 spiro atoms. The van der Waals surface area contributed by atoms with Crippen LogP contribution < -0.4 is 0 Å². The highest BCUT2D eigenvalue weighted by atomic mass is 16.5. The summed E-state index contributed by atoms with van der Waals surface area (Å²) < 4.78 is 5.45. The van der Waals surface area contributed by atoms with Crippen molar-refractivity contribution in [1.29, 1.82) is 0 Å². The summed E-state index contributed by atoms with van der Waals surface area (Å²) in [7, 11) is 0. The van der Waals surface area contributed by atoms with Gasteiger partial charge >= 0.3 is 0 Å². The number of aliphatic hydroxyl groups is 1. The number of ether oxygens (including phenoxy) is 1. The second-order valence-electron chi connectivity index (χ2n) is 4.38. The lowest BCUT2D eigenvalue weighted by Gasteiger charge is -2.36. The van der Waals surface area contributed by atoms with E-state index < -0.39 is 0 Å². The lowest BCUT2D eigenvalue weighted by atomic mass is 10.0. The number of pyridine rings is 1. The summed E-state index contributed by atoms with van der Waals surface area (Å²) in [5, 5.41) is 10.0. The van der Waals surface area contributed by atoms with Crippen molar-refractivity contribution in [1.82, 2.24) is 9.88 Å². The van der Waals surface area contributed by atoms with E-state index in [1.54, 1.807) is 6.20 Å². The van der Waals surface area contributed by atoms with E-state index >= 15 is 0 Å². The Labute approximate surface area is 102 Å². The first kappa shape index (κ1) is 12.5. The van der Waals surface area contributed by atoms with Crippen molar-refractivity contribution in [2.75, 3.05) is 19.8 Å². The first-order chi connectivity index (χ1) is 8.31. The summed E-state index contributed by atoms with van der Waals surface area (Å²) in [6.07, 6.45) is 2.24. The average Bonchev–Trinajstić information content (AvgIpc) is 2.38. The average molecular weight is 236 g/mol. The molecule has 2 unspecified atom stereocenters. The molecule has 2 rings (SSSR count). The van der Waals surface area contributed by atoms with Gasteiger partial charge in [-0.2, -0.15) is 0 Å². The molecular weight excluding hydrogens is 216 g/mol. The Morgan fingerprint density at radius 1 is 1.53 bits per heavy atom. The topological polar surface area (TPSA) is 45.6 Å². The van der Waals surface area contributed by atoms with Crippen molar-refractivity contribution < 1.29 is 9.84 Å². The van der Waals surface area contributed by atoms with Gasteiger partial charge in [-0.05, 0) is 25.1 Å². The summed E-state index contributed by atoms with van der Waals surface area (Å²) in [5.74, 6) is 0. The van der Waals surface area contributed by atoms with E-state index in [2.05, 4.69) is 16.8 Å². The number of hydrogen-bond acceptors (Lipinski definition) is 4. The SMILES string of the molecule is CCN(Cc1ccccn1)C1COCCC1O. The van der Waals surface area contributed by atoms with Gasteiger partial charge in [0.2, 0.25) is 0 Å². The Bertz CT molecular complexity index is 331. The monoisotopic (exact) mass is 236 g/mol. The molecule has 0 radical (unpaired) electrons. The zero-order valence-electron chi connectivity index (χ0n) is 10.2. The highest BCUT2D eigenvalue weighted by Gasteiger charge is 2.28. The van der Waals surface area contributed by atoms with Gasteiger partial charge < -0.3 is 9.84 Å². The van der Waals surface area contributed by atoms with Gasteiger partial charge in [-0.3, -0.25) is 9.88 Å². The van der Waals surface area contributed by atoms with Crippen molar-refractivity contribution in [2.45, 2.75) is 32.0 Å². The molecule has 94 valence electrons. The number of rotatable bonds is 4. The van der Waals surface area contributed by atoms with Gasteiger partial charge in [0.15, 0.2) is 0 Å². The summed E-state index contributed by atoms with van der Waals surface area (Å²) in [5.41, 5.74) is 1.03. The third kappa shape index (κ3) is 3.25. The summed E-state index contributed by atoms with van der Waals surface area (Å²) in [6.45, 7) is 5.04. The normalized spacial score (nSPS) is 25.1. The number of aromatic nitrogens is 1. The lowest BCUT2D eigenvalue weighted by molar-refractivity contribution is -0.0627. The predicted molar refractivity (Wildman–Crippen MR) is 65.6 cm³/mol.